The van der Waals surface area contributed by atoms with Crippen LogP contribution in [0, 0.1) is 0 Å². The molecule has 0 bridgehead atoms. The van der Waals surface area contributed by atoms with E-state index < -0.39 is 97.5 Å². The molecule has 0 aromatic carbocycles. The molecule has 0 saturated heterocycles. The maximum atomic E-state index is 13.0. The molecule has 3 N–H and O–H groups in total. The summed E-state index contributed by atoms with van der Waals surface area (Å²) in [6.07, 6.45) is 68.4. The second kappa shape index (κ2) is 67.5. The van der Waals surface area contributed by atoms with Crippen LogP contribution in [0.2, 0.25) is 0 Å². The first-order valence-corrected chi connectivity index (χ1v) is 39.5. The summed E-state index contributed by atoms with van der Waals surface area (Å²) in [6, 6.07) is 0. The molecule has 5 atom stereocenters. The summed E-state index contributed by atoms with van der Waals surface area (Å²) in [7, 11) is -9.95. The summed E-state index contributed by atoms with van der Waals surface area (Å²) >= 11 is 0. The lowest BCUT2D eigenvalue weighted by Gasteiger charge is -2.21. The van der Waals surface area contributed by atoms with Gasteiger partial charge >= 0.3 is 39.5 Å². The van der Waals surface area contributed by atoms with E-state index in [9.17, 15) is 43.2 Å². The van der Waals surface area contributed by atoms with Gasteiger partial charge in [-0.15, -0.1) is 0 Å². The van der Waals surface area contributed by atoms with Crippen molar-refractivity contribution in [3.05, 3.63) is 97.2 Å². The number of carbonyl (C=O) groups excluding carboxylic acids is 4. The molecule has 19 heteroatoms. The largest absolute Gasteiger partial charge is 0.472 e. The second-order valence-corrected chi connectivity index (χ2v) is 27.0. The summed E-state index contributed by atoms with van der Waals surface area (Å²) in [5.41, 5.74) is 0. The maximum Gasteiger partial charge on any atom is 0.472 e. The Bertz CT molecular complexity index is 2170. The summed E-state index contributed by atoms with van der Waals surface area (Å²) < 4.78 is 68.3. The predicted molar refractivity (Wildman–Crippen MR) is 381 cm³/mol. The fourth-order valence-electron chi connectivity index (χ4n) is 9.45. The highest BCUT2D eigenvalue weighted by molar-refractivity contribution is 7.47. The van der Waals surface area contributed by atoms with Crippen molar-refractivity contribution < 1.29 is 80.2 Å². The highest BCUT2D eigenvalue weighted by Gasteiger charge is 2.30. The summed E-state index contributed by atoms with van der Waals surface area (Å²) in [5.74, 6) is -2.22. The van der Waals surface area contributed by atoms with E-state index in [0.717, 1.165) is 193 Å². The van der Waals surface area contributed by atoms with Gasteiger partial charge in [0.15, 0.2) is 12.2 Å². The van der Waals surface area contributed by atoms with Crippen molar-refractivity contribution in [2.75, 3.05) is 39.6 Å². The van der Waals surface area contributed by atoms with Gasteiger partial charge in [-0.3, -0.25) is 37.3 Å². The third kappa shape index (κ3) is 66.6. The van der Waals surface area contributed by atoms with Crippen LogP contribution in [0.5, 0.6) is 0 Å². The summed E-state index contributed by atoms with van der Waals surface area (Å²) in [4.78, 5) is 72.6. The molecule has 0 aliphatic rings. The van der Waals surface area contributed by atoms with Crippen LogP contribution in [0.25, 0.3) is 0 Å². The van der Waals surface area contributed by atoms with E-state index in [1.165, 1.54) is 25.7 Å². The van der Waals surface area contributed by atoms with Crippen molar-refractivity contribution in [1.29, 1.82) is 0 Å². The first-order chi connectivity index (χ1) is 45.7. The number of unbranched alkanes of at least 4 members (excludes halogenated alkanes) is 26. The number of rotatable bonds is 68. The first-order valence-electron chi connectivity index (χ1n) is 36.5. The molecule has 0 spiro atoms. The number of aliphatic hydroxyl groups is 1. The summed E-state index contributed by atoms with van der Waals surface area (Å²) in [6.45, 7) is 4.52. The van der Waals surface area contributed by atoms with Crippen LogP contribution in [0.15, 0.2) is 97.2 Å². The molecule has 542 valence electrons. The third-order valence-electron chi connectivity index (χ3n) is 15.0. The Morgan fingerprint density at radius 2 is 0.553 bits per heavy atom. The van der Waals surface area contributed by atoms with Crippen molar-refractivity contribution in [3.63, 3.8) is 0 Å². The molecule has 0 aliphatic heterocycles. The predicted octanol–water partition coefficient (Wildman–Crippen LogP) is 20.4. The van der Waals surface area contributed by atoms with Gasteiger partial charge < -0.3 is 33.8 Å². The van der Waals surface area contributed by atoms with Crippen molar-refractivity contribution in [3.8, 4) is 0 Å². The van der Waals surface area contributed by atoms with Gasteiger partial charge in [0, 0.05) is 25.7 Å². The van der Waals surface area contributed by atoms with Gasteiger partial charge in [-0.05, 0) is 128 Å². The van der Waals surface area contributed by atoms with Crippen LogP contribution >= 0.6 is 15.6 Å². The maximum absolute atomic E-state index is 13.0. The van der Waals surface area contributed by atoms with E-state index in [4.69, 9.17) is 37.0 Å². The van der Waals surface area contributed by atoms with Gasteiger partial charge in [0.1, 0.15) is 19.3 Å². The lowest BCUT2D eigenvalue weighted by Crippen LogP contribution is -2.30. The van der Waals surface area contributed by atoms with Crippen LogP contribution < -0.4 is 0 Å². The Kier molecular flexibility index (Phi) is 64.7. The lowest BCUT2D eigenvalue weighted by molar-refractivity contribution is -0.161. The minimum atomic E-state index is -4.98. The molecule has 0 aromatic heterocycles. The Morgan fingerprint density at radius 3 is 0.862 bits per heavy atom. The van der Waals surface area contributed by atoms with Crippen molar-refractivity contribution in [1.82, 2.24) is 0 Å². The average molecular weight is 1370 g/mol. The average Bonchev–Trinajstić information content (AvgIpc) is 1.29. The Labute approximate surface area is 569 Å². The molecule has 0 aromatic rings. The molecule has 0 fully saturated rings. The van der Waals surface area contributed by atoms with E-state index >= 15 is 0 Å². The zero-order chi connectivity index (χ0) is 69.0. The number of phosphoric acid groups is 2. The quantitative estimate of drug-likeness (QED) is 0.0169. The SMILES string of the molecule is CC/C=C\C/C=C\C/C=C\CCCCCCCCCC(=O)OCC(COP(=O)(O)OCC(O)COP(=O)(O)OCC(COC(=O)CCCCCCC/C=C\CCCC)OC(=O)CCCCCCC/C=C\CCCC)OC(=O)CCCCCCC/C=C\C/C=C\C/C=C\CC. The number of phosphoric ester groups is 2. The number of carbonyl (C=O) groups is 4. The van der Waals surface area contributed by atoms with Gasteiger partial charge in [-0.2, -0.15) is 0 Å². The third-order valence-corrected chi connectivity index (χ3v) is 16.9. The lowest BCUT2D eigenvalue weighted by atomic mass is 10.1. The smallest absolute Gasteiger partial charge is 0.462 e. The normalized spacial score (nSPS) is 14.6. The zero-order valence-corrected chi connectivity index (χ0v) is 60.7. The van der Waals surface area contributed by atoms with E-state index in [0.29, 0.717) is 25.7 Å². The first kappa shape index (κ1) is 90.0. The van der Waals surface area contributed by atoms with Crippen LogP contribution in [-0.4, -0.2) is 96.7 Å². The molecule has 5 unspecified atom stereocenters. The van der Waals surface area contributed by atoms with Crippen molar-refractivity contribution in [2.24, 2.45) is 0 Å². The van der Waals surface area contributed by atoms with Gasteiger partial charge in [0.2, 0.25) is 0 Å². The Morgan fingerprint density at radius 1 is 0.309 bits per heavy atom. The highest BCUT2D eigenvalue weighted by Crippen LogP contribution is 2.45. The van der Waals surface area contributed by atoms with Crippen LogP contribution in [-0.2, 0) is 65.4 Å². The topological polar surface area (TPSA) is 237 Å². The van der Waals surface area contributed by atoms with Crippen molar-refractivity contribution in [2.45, 2.75) is 316 Å². The van der Waals surface area contributed by atoms with E-state index in [1.54, 1.807) is 0 Å². The molecular formula is C75H130O17P2. The van der Waals surface area contributed by atoms with Crippen molar-refractivity contribution >= 4 is 39.5 Å². The van der Waals surface area contributed by atoms with Gasteiger partial charge in [0.05, 0.1) is 26.4 Å². The molecule has 0 heterocycles. The second-order valence-electron chi connectivity index (χ2n) is 24.1. The highest BCUT2D eigenvalue weighted by atomic mass is 31.2. The standard InChI is InChI=1S/C75H130O17P2/c1-5-9-13-17-21-25-29-31-33-34-36-37-41-44-48-52-56-60-73(78)86-66-71(92-75(80)62-58-54-50-46-42-38-35-32-30-26-22-18-14-10-6-2)68-90-94(83,84)88-64-69(76)63-87-93(81,82)89-67-70(91-74(79)61-57-53-49-45-40-28-24-20-16-12-8-4)65-85-72(77)59-55-51-47-43-39-27-23-19-15-11-7-3/h9-10,13-14,19-26,31-33,35,69-71,76H,5-8,11-12,15-18,27-30,34,36-68H2,1-4H3,(H,81,82)(H,83,84)/b13-9-,14-10-,23-19-,24-20-,25-21-,26-22-,33-31-,35-32-. The molecule has 0 rings (SSSR count). The number of hydrogen-bond donors (Lipinski definition) is 3. The number of hydrogen-bond acceptors (Lipinski definition) is 15. The Balaban J connectivity index is 5.33. The minimum Gasteiger partial charge on any atom is -0.462 e. The zero-order valence-electron chi connectivity index (χ0n) is 58.9. The van der Waals surface area contributed by atoms with E-state index in [-0.39, 0.29) is 25.7 Å². The number of aliphatic hydroxyl groups excluding tert-OH is 1. The molecule has 94 heavy (non-hydrogen) atoms. The minimum absolute atomic E-state index is 0.0726. The summed E-state index contributed by atoms with van der Waals surface area (Å²) in [5, 5.41) is 10.6. The number of ether oxygens (including phenoxy) is 4. The molecule has 17 nitrogen and oxygen atoms in total. The van der Waals surface area contributed by atoms with E-state index in [1.807, 2.05) is 0 Å². The Hall–Kier alpha value is -4.02. The molecule has 0 saturated carbocycles. The van der Waals surface area contributed by atoms with Crippen LogP contribution in [0.1, 0.15) is 297 Å². The number of esters is 4. The van der Waals surface area contributed by atoms with E-state index in [2.05, 4.69) is 125 Å². The van der Waals surface area contributed by atoms with Crippen LogP contribution in [0.4, 0.5) is 0 Å². The molecule has 0 radical (unpaired) electrons. The van der Waals surface area contributed by atoms with Gasteiger partial charge in [-0.1, -0.05) is 240 Å². The molecule has 0 amide bonds. The molecule has 0 aliphatic carbocycles. The van der Waals surface area contributed by atoms with Gasteiger partial charge in [0.25, 0.3) is 0 Å². The number of allylic oxidation sites excluding steroid dienone is 16. The monoisotopic (exact) mass is 1360 g/mol. The fraction of sp³-hybridized carbons (Fsp3) is 0.733. The fourth-order valence-corrected chi connectivity index (χ4v) is 11.0. The molecular weight excluding hydrogens is 1230 g/mol. The van der Waals surface area contributed by atoms with Crippen LogP contribution in [0.3, 0.4) is 0 Å². The van der Waals surface area contributed by atoms with Gasteiger partial charge in [-0.25, -0.2) is 9.13 Å².